The number of hydrogen-bond donors (Lipinski definition) is 2. The topological polar surface area (TPSA) is 83.0 Å². The van der Waals surface area contributed by atoms with Gasteiger partial charge in [0.2, 0.25) is 0 Å². The molecule has 3 aromatic rings. The van der Waals surface area contributed by atoms with E-state index in [0.29, 0.717) is 23.7 Å². The van der Waals surface area contributed by atoms with E-state index in [-0.39, 0.29) is 11.6 Å². The van der Waals surface area contributed by atoms with Gasteiger partial charge >= 0.3 is 5.69 Å². The van der Waals surface area contributed by atoms with Gasteiger partial charge in [0, 0.05) is 38.4 Å². The van der Waals surface area contributed by atoms with Gasteiger partial charge in [0.15, 0.2) is 0 Å². The smallest absolute Gasteiger partial charge is 0.326 e. The number of amides is 1. The molecular weight excluding hydrogens is 342 g/mol. The summed E-state index contributed by atoms with van der Waals surface area (Å²) in [4.78, 5) is 33.4. The lowest BCUT2D eigenvalue weighted by Gasteiger charge is -2.24. The third kappa shape index (κ3) is 3.86. The maximum atomic E-state index is 12.4. The van der Waals surface area contributed by atoms with Crippen molar-refractivity contribution in [1.29, 1.82) is 0 Å². The van der Waals surface area contributed by atoms with Crippen LogP contribution in [0.25, 0.3) is 11.0 Å². The first-order chi connectivity index (χ1) is 12.9. The number of nitrogens with zero attached hydrogens (tertiary/aromatic N) is 3. The Labute approximate surface area is 158 Å². The number of carbonyl (C=O) groups is 1. The van der Waals surface area contributed by atoms with Crippen LogP contribution in [-0.2, 0) is 13.6 Å². The summed E-state index contributed by atoms with van der Waals surface area (Å²) in [6.45, 7) is 4.70. The zero-order valence-electron chi connectivity index (χ0n) is 16.1. The Kier molecular flexibility index (Phi) is 5.30. The van der Waals surface area contributed by atoms with Crippen LogP contribution in [0.1, 0.15) is 36.2 Å². The molecule has 7 heteroatoms. The number of aryl methyl sites for hydroxylation is 1. The lowest BCUT2D eigenvalue weighted by molar-refractivity contribution is 0.0951. The van der Waals surface area contributed by atoms with Crippen LogP contribution >= 0.6 is 0 Å². The normalized spacial score (nSPS) is 12.1. The molecule has 0 radical (unpaired) electrons. The lowest BCUT2D eigenvalue weighted by Crippen LogP contribution is -2.28. The third-order valence-corrected chi connectivity index (χ3v) is 5.04. The first-order valence-corrected chi connectivity index (χ1v) is 9.05. The molecule has 0 spiro atoms. The minimum Gasteiger partial charge on any atom is -0.357 e. The number of rotatable bonds is 6. The van der Waals surface area contributed by atoms with Crippen molar-refractivity contribution in [1.82, 2.24) is 19.9 Å². The highest BCUT2D eigenvalue weighted by molar-refractivity contribution is 5.97. The molecule has 0 fully saturated rings. The number of anilines is 1. The summed E-state index contributed by atoms with van der Waals surface area (Å²) in [6, 6.07) is 9.53. The monoisotopic (exact) mass is 367 g/mol. The van der Waals surface area contributed by atoms with Crippen LogP contribution < -0.4 is 15.9 Å². The van der Waals surface area contributed by atoms with Crippen LogP contribution in [-0.4, -0.2) is 33.5 Å². The van der Waals surface area contributed by atoms with Gasteiger partial charge in [-0.15, -0.1) is 0 Å². The molecule has 3 rings (SSSR count). The first kappa shape index (κ1) is 18.7. The number of benzene rings is 1. The van der Waals surface area contributed by atoms with Gasteiger partial charge < -0.3 is 15.2 Å². The Morgan fingerprint density at radius 3 is 2.78 bits per heavy atom. The second-order valence-electron chi connectivity index (χ2n) is 6.80. The fourth-order valence-electron chi connectivity index (χ4n) is 2.89. The Morgan fingerprint density at radius 2 is 2.11 bits per heavy atom. The number of hydrogen-bond acceptors (Lipinski definition) is 4. The molecule has 2 N–H and O–H groups in total. The Morgan fingerprint density at radius 1 is 1.33 bits per heavy atom. The highest BCUT2D eigenvalue weighted by Gasteiger charge is 2.11. The number of H-pyrrole nitrogens is 1. The second kappa shape index (κ2) is 7.65. The van der Waals surface area contributed by atoms with Crippen molar-refractivity contribution in [2.24, 2.45) is 7.05 Å². The molecular formula is C20H25N5O2. The van der Waals surface area contributed by atoms with E-state index in [2.05, 4.69) is 34.0 Å². The SMILES string of the molecule is CCC(C)N(C)c1ccc(CNC(=O)c2ccc3c(c2)[nH]c(=O)n3C)cn1. The van der Waals surface area contributed by atoms with Gasteiger partial charge in [-0.2, -0.15) is 0 Å². The van der Waals surface area contributed by atoms with Crippen molar-refractivity contribution in [3.8, 4) is 0 Å². The Hall–Kier alpha value is -3.09. The van der Waals surface area contributed by atoms with Gasteiger partial charge in [-0.25, -0.2) is 9.78 Å². The molecule has 7 nitrogen and oxygen atoms in total. The number of aromatic nitrogens is 3. The largest absolute Gasteiger partial charge is 0.357 e. The van der Waals surface area contributed by atoms with Gasteiger partial charge in [-0.3, -0.25) is 9.36 Å². The summed E-state index contributed by atoms with van der Waals surface area (Å²) in [7, 11) is 3.72. The summed E-state index contributed by atoms with van der Waals surface area (Å²) in [6.07, 6.45) is 2.83. The number of nitrogens with one attached hydrogen (secondary N) is 2. The average Bonchev–Trinajstić information content (AvgIpc) is 2.98. The van der Waals surface area contributed by atoms with Gasteiger partial charge in [-0.1, -0.05) is 13.0 Å². The van der Waals surface area contributed by atoms with Crippen LogP contribution in [0.5, 0.6) is 0 Å². The van der Waals surface area contributed by atoms with Crippen LogP contribution in [0.4, 0.5) is 5.82 Å². The molecule has 0 bridgehead atoms. The summed E-state index contributed by atoms with van der Waals surface area (Å²) in [5, 5.41) is 2.89. The molecule has 1 unspecified atom stereocenters. The number of fused-ring (bicyclic) bond motifs is 1. The van der Waals surface area contributed by atoms with Crippen molar-refractivity contribution in [3.05, 3.63) is 58.1 Å². The molecule has 0 aliphatic heterocycles. The highest BCUT2D eigenvalue weighted by Crippen LogP contribution is 2.15. The van der Waals surface area contributed by atoms with Crippen LogP contribution in [0, 0.1) is 0 Å². The van der Waals surface area contributed by atoms with Gasteiger partial charge in [0.25, 0.3) is 5.91 Å². The number of aromatic amines is 1. The van der Waals surface area contributed by atoms with E-state index >= 15 is 0 Å². The summed E-state index contributed by atoms with van der Waals surface area (Å²) in [5.74, 6) is 0.723. The molecule has 0 aliphatic rings. The fourth-order valence-corrected chi connectivity index (χ4v) is 2.89. The number of carbonyl (C=O) groups excluding carboxylic acids is 1. The molecule has 27 heavy (non-hydrogen) atoms. The van der Waals surface area contributed by atoms with E-state index in [1.54, 1.807) is 31.4 Å². The van der Waals surface area contributed by atoms with E-state index in [1.165, 1.54) is 4.57 Å². The Bertz CT molecular complexity index is 1000. The molecule has 2 heterocycles. The van der Waals surface area contributed by atoms with E-state index in [4.69, 9.17) is 0 Å². The van der Waals surface area contributed by atoms with Crippen molar-refractivity contribution in [2.45, 2.75) is 32.9 Å². The van der Waals surface area contributed by atoms with Crippen LogP contribution in [0.15, 0.2) is 41.3 Å². The van der Waals surface area contributed by atoms with Crippen LogP contribution in [0.3, 0.4) is 0 Å². The maximum absolute atomic E-state index is 12.4. The molecule has 0 saturated heterocycles. The second-order valence-corrected chi connectivity index (χ2v) is 6.80. The zero-order valence-corrected chi connectivity index (χ0v) is 16.1. The minimum atomic E-state index is -0.198. The highest BCUT2D eigenvalue weighted by atomic mass is 16.2. The molecule has 1 atom stereocenters. The third-order valence-electron chi connectivity index (χ3n) is 5.04. The quantitative estimate of drug-likeness (QED) is 0.701. The standard InChI is InChI=1S/C20H25N5O2/c1-5-13(2)24(3)18-9-6-14(11-21-18)12-22-19(26)15-7-8-17-16(10-15)23-20(27)25(17)4/h6-11,13H,5,12H2,1-4H3,(H,22,26)(H,23,27). The zero-order chi connectivity index (χ0) is 19.6. The predicted molar refractivity (Wildman–Crippen MR) is 107 cm³/mol. The molecule has 1 amide bonds. The number of imidazole rings is 1. The molecule has 0 aliphatic carbocycles. The minimum absolute atomic E-state index is 0.192. The van der Waals surface area contributed by atoms with E-state index < -0.39 is 0 Å². The molecule has 142 valence electrons. The summed E-state index contributed by atoms with van der Waals surface area (Å²) in [5.41, 5.74) is 2.65. The molecule has 2 aromatic heterocycles. The molecule has 0 saturated carbocycles. The van der Waals surface area contributed by atoms with Gasteiger partial charge in [0.05, 0.1) is 11.0 Å². The van der Waals surface area contributed by atoms with Crippen molar-refractivity contribution in [3.63, 3.8) is 0 Å². The van der Waals surface area contributed by atoms with E-state index in [9.17, 15) is 9.59 Å². The fraction of sp³-hybridized carbons (Fsp3) is 0.350. The average molecular weight is 367 g/mol. The van der Waals surface area contributed by atoms with Gasteiger partial charge in [0.1, 0.15) is 5.82 Å². The van der Waals surface area contributed by atoms with Crippen LogP contribution in [0.2, 0.25) is 0 Å². The predicted octanol–water partition coefficient (Wildman–Crippen LogP) is 2.43. The summed E-state index contributed by atoms with van der Waals surface area (Å²) >= 11 is 0. The van der Waals surface area contributed by atoms with Crippen molar-refractivity contribution >= 4 is 22.8 Å². The molecule has 1 aromatic carbocycles. The maximum Gasteiger partial charge on any atom is 0.326 e. The van der Waals surface area contributed by atoms with E-state index in [0.717, 1.165) is 23.3 Å². The van der Waals surface area contributed by atoms with Crippen molar-refractivity contribution < 1.29 is 4.79 Å². The van der Waals surface area contributed by atoms with Crippen molar-refractivity contribution in [2.75, 3.05) is 11.9 Å². The van der Waals surface area contributed by atoms with Gasteiger partial charge in [-0.05, 0) is 43.2 Å². The number of pyridine rings is 1. The Balaban J connectivity index is 1.66. The summed E-state index contributed by atoms with van der Waals surface area (Å²) < 4.78 is 1.51. The first-order valence-electron chi connectivity index (χ1n) is 9.05. The van der Waals surface area contributed by atoms with E-state index in [1.807, 2.05) is 19.2 Å². The lowest BCUT2D eigenvalue weighted by atomic mass is 10.2.